The maximum Gasteiger partial charge on any atom is 0.163 e. The summed E-state index contributed by atoms with van der Waals surface area (Å²) in [5, 5.41) is 8.23. The van der Waals surface area contributed by atoms with Gasteiger partial charge in [-0.3, -0.25) is 4.40 Å². The molecule has 3 nitrogen and oxygen atoms in total. The van der Waals surface area contributed by atoms with Gasteiger partial charge in [0.25, 0.3) is 0 Å². The van der Waals surface area contributed by atoms with Gasteiger partial charge in [0.2, 0.25) is 0 Å². The predicted molar refractivity (Wildman–Crippen MR) is 81.5 cm³/mol. The molecule has 3 aromatic rings. The summed E-state index contributed by atoms with van der Waals surface area (Å²) < 4.78 is 28.6. The Labute approximate surface area is 126 Å². The van der Waals surface area contributed by atoms with Crippen LogP contribution >= 0.6 is 0 Å². The van der Waals surface area contributed by atoms with E-state index in [4.69, 9.17) is 0 Å². The van der Waals surface area contributed by atoms with Gasteiger partial charge in [0.1, 0.15) is 11.6 Å². The van der Waals surface area contributed by atoms with E-state index < -0.39 is 11.6 Å². The van der Waals surface area contributed by atoms with Gasteiger partial charge in [-0.25, -0.2) is 8.78 Å². The van der Waals surface area contributed by atoms with Crippen molar-refractivity contribution >= 4 is 11.2 Å². The lowest BCUT2D eigenvalue weighted by Gasteiger charge is -2.06. The summed E-state index contributed by atoms with van der Waals surface area (Å²) in [6.07, 6.45) is 3.02. The summed E-state index contributed by atoms with van der Waals surface area (Å²) in [5.41, 5.74) is 2.94. The molecular weight excluding hydrogens is 284 g/mol. The van der Waals surface area contributed by atoms with Crippen LogP contribution in [0, 0.1) is 11.6 Å². The number of benzene rings is 1. The van der Waals surface area contributed by atoms with E-state index >= 15 is 0 Å². The van der Waals surface area contributed by atoms with Crippen LogP contribution in [0.25, 0.3) is 11.2 Å². The largest absolute Gasteiger partial charge is 0.282 e. The summed E-state index contributed by atoms with van der Waals surface area (Å²) >= 11 is 0. The SMILES string of the molecule is C=C(CC)c1nnc2ccc(Cc3ccc(F)cc3F)cn12. The number of fused-ring (bicyclic) bond motifs is 1. The van der Waals surface area contributed by atoms with Crippen molar-refractivity contribution in [2.45, 2.75) is 19.8 Å². The van der Waals surface area contributed by atoms with E-state index in [-0.39, 0.29) is 0 Å². The maximum absolute atomic E-state index is 13.8. The van der Waals surface area contributed by atoms with Crippen LogP contribution < -0.4 is 0 Å². The van der Waals surface area contributed by atoms with E-state index in [1.54, 1.807) is 0 Å². The van der Waals surface area contributed by atoms with Gasteiger partial charge in [-0.2, -0.15) is 0 Å². The average Bonchev–Trinajstić information content (AvgIpc) is 2.92. The highest BCUT2D eigenvalue weighted by atomic mass is 19.1. The summed E-state index contributed by atoms with van der Waals surface area (Å²) in [7, 11) is 0. The Morgan fingerprint density at radius 1 is 1.18 bits per heavy atom. The molecule has 0 radical (unpaired) electrons. The zero-order chi connectivity index (χ0) is 15.7. The van der Waals surface area contributed by atoms with Crippen LogP contribution in [0.2, 0.25) is 0 Å². The van der Waals surface area contributed by atoms with E-state index in [0.29, 0.717) is 23.5 Å². The molecule has 1 aromatic carbocycles. The lowest BCUT2D eigenvalue weighted by molar-refractivity contribution is 0.574. The Morgan fingerprint density at radius 3 is 2.73 bits per heavy atom. The van der Waals surface area contributed by atoms with Gasteiger partial charge >= 0.3 is 0 Å². The number of allylic oxidation sites excluding steroid dienone is 1. The van der Waals surface area contributed by atoms with Crippen molar-refractivity contribution in [3.8, 4) is 0 Å². The summed E-state index contributed by atoms with van der Waals surface area (Å²) in [5.74, 6) is -0.405. The van der Waals surface area contributed by atoms with Gasteiger partial charge in [0.05, 0.1) is 0 Å². The van der Waals surface area contributed by atoms with Crippen LogP contribution in [0.3, 0.4) is 0 Å². The molecule has 0 aliphatic rings. The zero-order valence-corrected chi connectivity index (χ0v) is 12.2. The number of nitrogens with zero attached hydrogens (tertiary/aromatic N) is 3. The summed E-state index contributed by atoms with van der Waals surface area (Å²) in [6.45, 7) is 5.98. The van der Waals surface area contributed by atoms with Crippen molar-refractivity contribution in [2.24, 2.45) is 0 Å². The highest BCUT2D eigenvalue weighted by Gasteiger charge is 2.10. The first-order valence-corrected chi connectivity index (χ1v) is 7.04. The second kappa shape index (κ2) is 5.67. The van der Waals surface area contributed by atoms with Gasteiger partial charge in [0.15, 0.2) is 11.5 Å². The van der Waals surface area contributed by atoms with Crippen LogP contribution in [0.1, 0.15) is 30.3 Å². The van der Waals surface area contributed by atoms with Gasteiger partial charge in [-0.15, -0.1) is 10.2 Å². The molecule has 0 aliphatic carbocycles. The van der Waals surface area contributed by atoms with E-state index in [0.717, 1.165) is 23.6 Å². The molecule has 0 atom stereocenters. The molecule has 0 amide bonds. The molecule has 0 aliphatic heterocycles. The fourth-order valence-electron chi connectivity index (χ4n) is 2.32. The number of hydrogen-bond donors (Lipinski definition) is 0. The van der Waals surface area contributed by atoms with Crippen LogP contribution in [-0.2, 0) is 6.42 Å². The monoisotopic (exact) mass is 299 g/mol. The van der Waals surface area contributed by atoms with Crippen molar-refractivity contribution in [1.82, 2.24) is 14.6 Å². The minimum atomic E-state index is -0.572. The first-order chi connectivity index (χ1) is 10.6. The van der Waals surface area contributed by atoms with Crippen molar-refractivity contribution < 1.29 is 8.78 Å². The minimum Gasteiger partial charge on any atom is -0.282 e. The smallest absolute Gasteiger partial charge is 0.163 e. The Bertz CT molecular complexity index is 852. The quantitative estimate of drug-likeness (QED) is 0.728. The van der Waals surface area contributed by atoms with Crippen LogP contribution in [0.5, 0.6) is 0 Å². The second-order valence-electron chi connectivity index (χ2n) is 5.16. The van der Waals surface area contributed by atoms with E-state index in [2.05, 4.69) is 16.8 Å². The van der Waals surface area contributed by atoms with E-state index in [1.165, 1.54) is 12.1 Å². The maximum atomic E-state index is 13.8. The highest BCUT2D eigenvalue weighted by molar-refractivity contribution is 5.60. The third kappa shape index (κ3) is 2.62. The summed E-state index contributed by atoms with van der Waals surface area (Å²) in [6, 6.07) is 7.32. The molecular formula is C17H15F2N3. The first-order valence-electron chi connectivity index (χ1n) is 7.04. The van der Waals surface area contributed by atoms with E-state index in [9.17, 15) is 8.78 Å². The number of pyridine rings is 1. The zero-order valence-electron chi connectivity index (χ0n) is 12.2. The number of rotatable bonds is 4. The number of aromatic nitrogens is 3. The molecule has 0 spiro atoms. The molecule has 2 heterocycles. The standard InChI is InChI=1S/C17H15F2N3/c1-3-11(2)17-21-20-16-7-4-12(10-22(16)17)8-13-5-6-14(18)9-15(13)19/h4-7,9-10H,2-3,8H2,1H3. The molecule has 3 rings (SSSR count). The predicted octanol–water partition coefficient (Wildman–Crippen LogP) is 4.02. The lowest BCUT2D eigenvalue weighted by atomic mass is 10.1. The molecule has 22 heavy (non-hydrogen) atoms. The molecule has 0 unspecified atom stereocenters. The molecule has 5 heteroatoms. The van der Waals surface area contributed by atoms with E-state index in [1.807, 2.05) is 29.7 Å². The highest BCUT2D eigenvalue weighted by Crippen LogP contribution is 2.18. The van der Waals surface area contributed by atoms with Gasteiger partial charge in [-0.05, 0) is 35.3 Å². The third-order valence-corrected chi connectivity index (χ3v) is 3.62. The van der Waals surface area contributed by atoms with Crippen LogP contribution in [0.4, 0.5) is 8.78 Å². The molecule has 0 saturated carbocycles. The third-order valence-electron chi connectivity index (χ3n) is 3.62. The average molecular weight is 299 g/mol. The Balaban J connectivity index is 1.99. The molecule has 0 saturated heterocycles. The van der Waals surface area contributed by atoms with Crippen LogP contribution in [-0.4, -0.2) is 14.6 Å². The van der Waals surface area contributed by atoms with Crippen LogP contribution in [0.15, 0.2) is 43.1 Å². The minimum absolute atomic E-state index is 0.373. The molecule has 2 aromatic heterocycles. The molecule has 0 bridgehead atoms. The van der Waals surface area contributed by atoms with Crippen molar-refractivity contribution in [2.75, 3.05) is 0 Å². The molecule has 0 fully saturated rings. The van der Waals surface area contributed by atoms with Gasteiger partial charge < -0.3 is 0 Å². The second-order valence-corrected chi connectivity index (χ2v) is 5.16. The number of halogens is 2. The van der Waals surface area contributed by atoms with Gasteiger partial charge in [-0.1, -0.05) is 25.6 Å². The van der Waals surface area contributed by atoms with Crippen molar-refractivity contribution in [3.05, 3.63) is 71.7 Å². The first kappa shape index (κ1) is 14.4. The fourth-order valence-corrected chi connectivity index (χ4v) is 2.32. The Kier molecular flexibility index (Phi) is 3.71. The molecule has 112 valence electrons. The lowest BCUT2D eigenvalue weighted by Crippen LogP contribution is -1.98. The summed E-state index contributed by atoms with van der Waals surface area (Å²) in [4.78, 5) is 0. The topological polar surface area (TPSA) is 30.2 Å². The Morgan fingerprint density at radius 2 is 2.00 bits per heavy atom. The number of hydrogen-bond acceptors (Lipinski definition) is 2. The van der Waals surface area contributed by atoms with Crippen molar-refractivity contribution in [3.63, 3.8) is 0 Å². The molecule has 0 N–H and O–H groups in total. The van der Waals surface area contributed by atoms with Gasteiger partial charge in [0, 0.05) is 18.7 Å². The van der Waals surface area contributed by atoms with Crippen molar-refractivity contribution in [1.29, 1.82) is 0 Å². The Hall–Kier alpha value is -2.56. The fraction of sp³-hybridized carbons (Fsp3) is 0.176. The normalized spacial score (nSPS) is 11.0.